The third kappa shape index (κ3) is 5.28. The van der Waals surface area contributed by atoms with Crippen molar-refractivity contribution in [1.29, 1.82) is 0 Å². The molecular formula is C20H23ClN2O4. The van der Waals surface area contributed by atoms with E-state index in [2.05, 4.69) is 5.32 Å². The highest BCUT2D eigenvalue weighted by Gasteiger charge is 2.19. The van der Waals surface area contributed by atoms with E-state index in [0.29, 0.717) is 48.6 Å². The minimum atomic E-state index is -0.313. The van der Waals surface area contributed by atoms with Gasteiger partial charge in [0, 0.05) is 23.3 Å². The molecule has 0 bridgehead atoms. The molecule has 0 saturated heterocycles. The van der Waals surface area contributed by atoms with Crippen LogP contribution >= 0.6 is 11.6 Å². The minimum absolute atomic E-state index is 0.0966. The van der Waals surface area contributed by atoms with E-state index in [1.54, 1.807) is 24.3 Å². The summed E-state index contributed by atoms with van der Waals surface area (Å²) in [7, 11) is 1.89. The molecule has 1 aliphatic heterocycles. The highest BCUT2D eigenvalue weighted by molar-refractivity contribution is 6.30. The first-order valence-electron chi connectivity index (χ1n) is 8.82. The molecule has 0 fully saturated rings. The second-order valence-electron chi connectivity index (χ2n) is 6.31. The molecule has 1 atom stereocenters. The number of benzene rings is 2. The van der Waals surface area contributed by atoms with Gasteiger partial charge in [-0.2, -0.15) is 0 Å². The average Bonchev–Trinajstić information content (AvgIpc) is 2.68. The Bertz CT molecular complexity index is 782. The molecule has 0 radical (unpaired) electrons. The van der Waals surface area contributed by atoms with Crippen LogP contribution in [0.15, 0.2) is 42.5 Å². The number of halogens is 1. The summed E-state index contributed by atoms with van der Waals surface area (Å²) in [6.45, 7) is 3.99. The molecule has 3 rings (SSSR count). The number of nitrogens with zero attached hydrogens (tertiary/aromatic N) is 1. The summed E-state index contributed by atoms with van der Waals surface area (Å²) < 4.78 is 16.7. The van der Waals surface area contributed by atoms with Crippen LogP contribution in [0.3, 0.4) is 0 Å². The number of carbonyl (C=O) groups excluding carboxylic acids is 1. The largest absolute Gasteiger partial charge is 0.492 e. The average molecular weight is 391 g/mol. The van der Waals surface area contributed by atoms with Crippen molar-refractivity contribution in [3.8, 4) is 17.2 Å². The molecule has 0 aromatic heterocycles. The van der Waals surface area contributed by atoms with Crippen LogP contribution in [-0.2, 0) is 4.79 Å². The molecule has 7 heteroatoms. The molecule has 0 unspecified atom stereocenters. The van der Waals surface area contributed by atoms with E-state index < -0.39 is 0 Å². The SMILES string of the molecule is C[C@H](C(=O)Nc1ccc2c(c1)OCCO2)N(C)CCOc1ccc(Cl)cc1. The fourth-order valence-electron chi connectivity index (χ4n) is 2.60. The minimum Gasteiger partial charge on any atom is -0.492 e. The first-order chi connectivity index (χ1) is 13.0. The summed E-state index contributed by atoms with van der Waals surface area (Å²) in [6.07, 6.45) is 0. The fourth-order valence-corrected chi connectivity index (χ4v) is 2.73. The maximum Gasteiger partial charge on any atom is 0.241 e. The Morgan fingerprint density at radius 1 is 1.19 bits per heavy atom. The van der Waals surface area contributed by atoms with Crippen molar-refractivity contribution in [2.75, 3.05) is 38.7 Å². The predicted molar refractivity (Wildman–Crippen MR) is 105 cm³/mol. The molecule has 6 nitrogen and oxygen atoms in total. The Hall–Kier alpha value is -2.44. The second kappa shape index (κ2) is 8.97. The zero-order chi connectivity index (χ0) is 19.2. The standard InChI is InChI=1S/C20H23ClN2O4/c1-14(23(2)9-10-25-17-6-3-15(21)4-7-17)20(24)22-16-5-8-18-19(13-16)27-12-11-26-18/h3-8,13-14H,9-12H2,1-2H3,(H,22,24)/t14-/m1/s1. The van der Waals surface area contributed by atoms with Gasteiger partial charge < -0.3 is 19.5 Å². The van der Waals surface area contributed by atoms with E-state index in [1.807, 2.05) is 37.1 Å². The number of anilines is 1. The van der Waals surface area contributed by atoms with E-state index in [9.17, 15) is 4.79 Å². The molecule has 144 valence electrons. The van der Waals surface area contributed by atoms with Gasteiger partial charge >= 0.3 is 0 Å². The van der Waals surface area contributed by atoms with Crippen LogP contribution in [0.1, 0.15) is 6.92 Å². The molecule has 1 N–H and O–H groups in total. The Labute approximate surface area is 164 Å². The van der Waals surface area contributed by atoms with Crippen LogP contribution < -0.4 is 19.5 Å². The normalized spacial score (nSPS) is 13.9. The molecule has 0 saturated carbocycles. The number of carbonyl (C=O) groups is 1. The van der Waals surface area contributed by atoms with Crippen molar-refractivity contribution in [2.24, 2.45) is 0 Å². The van der Waals surface area contributed by atoms with Crippen molar-refractivity contribution >= 4 is 23.2 Å². The lowest BCUT2D eigenvalue weighted by molar-refractivity contribution is -0.120. The van der Waals surface area contributed by atoms with Crippen LogP contribution in [0.4, 0.5) is 5.69 Å². The quantitative estimate of drug-likeness (QED) is 0.784. The number of fused-ring (bicyclic) bond motifs is 1. The van der Waals surface area contributed by atoms with Crippen molar-refractivity contribution < 1.29 is 19.0 Å². The Balaban J connectivity index is 1.48. The zero-order valence-corrected chi connectivity index (χ0v) is 16.2. The number of amides is 1. The number of likely N-dealkylation sites (N-methyl/N-ethyl adjacent to an activating group) is 1. The van der Waals surface area contributed by atoms with Crippen LogP contribution in [0, 0.1) is 0 Å². The summed E-state index contributed by atoms with van der Waals surface area (Å²) >= 11 is 5.86. The van der Waals surface area contributed by atoms with Gasteiger partial charge in [-0.1, -0.05) is 11.6 Å². The molecule has 0 aliphatic carbocycles. The number of ether oxygens (including phenoxy) is 3. The number of rotatable bonds is 7. The Morgan fingerprint density at radius 2 is 1.89 bits per heavy atom. The van der Waals surface area contributed by atoms with Gasteiger partial charge in [-0.25, -0.2) is 0 Å². The molecule has 2 aromatic carbocycles. The number of hydrogen-bond donors (Lipinski definition) is 1. The summed E-state index contributed by atoms with van der Waals surface area (Å²) in [5.41, 5.74) is 0.682. The molecule has 1 aliphatic rings. The smallest absolute Gasteiger partial charge is 0.241 e. The van der Waals surface area contributed by atoms with Gasteiger partial charge in [-0.3, -0.25) is 9.69 Å². The van der Waals surface area contributed by atoms with Crippen molar-refractivity contribution in [3.05, 3.63) is 47.5 Å². The van der Waals surface area contributed by atoms with Crippen LogP contribution in [-0.4, -0.2) is 50.3 Å². The first-order valence-corrected chi connectivity index (χ1v) is 9.20. The van der Waals surface area contributed by atoms with Crippen LogP contribution in [0.5, 0.6) is 17.2 Å². The van der Waals surface area contributed by atoms with Crippen molar-refractivity contribution in [3.63, 3.8) is 0 Å². The van der Waals surface area contributed by atoms with E-state index in [1.165, 1.54) is 0 Å². The summed E-state index contributed by atoms with van der Waals surface area (Å²) in [4.78, 5) is 14.4. The second-order valence-corrected chi connectivity index (χ2v) is 6.74. The van der Waals surface area contributed by atoms with Gasteiger partial charge in [-0.05, 0) is 50.4 Å². The molecule has 0 spiro atoms. The van der Waals surface area contributed by atoms with Crippen molar-refractivity contribution in [2.45, 2.75) is 13.0 Å². The third-order valence-corrected chi connectivity index (χ3v) is 4.63. The van der Waals surface area contributed by atoms with Crippen LogP contribution in [0.25, 0.3) is 0 Å². The highest BCUT2D eigenvalue weighted by atomic mass is 35.5. The van der Waals surface area contributed by atoms with E-state index in [4.69, 9.17) is 25.8 Å². The number of hydrogen-bond acceptors (Lipinski definition) is 5. The highest BCUT2D eigenvalue weighted by Crippen LogP contribution is 2.32. The zero-order valence-electron chi connectivity index (χ0n) is 15.4. The van der Waals surface area contributed by atoms with Gasteiger partial charge in [0.2, 0.25) is 5.91 Å². The van der Waals surface area contributed by atoms with Gasteiger partial charge in [-0.15, -0.1) is 0 Å². The fraction of sp³-hybridized carbons (Fsp3) is 0.350. The lowest BCUT2D eigenvalue weighted by atomic mass is 10.2. The van der Waals surface area contributed by atoms with E-state index in [0.717, 1.165) is 5.75 Å². The topological polar surface area (TPSA) is 60.0 Å². The van der Waals surface area contributed by atoms with Gasteiger partial charge in [0.1, 0.15) is 25.6 Å². The Morgan fingerprint density at radius 3 is 2.63 bits per heavy atom. The van der Waals surface area contributed by atoms with Crippen LogP contribution in [0.2, 0.25) is 5.02 Å². The maximum atomic E-state index is 12.5. The molecule has 27 heavy (non-hydrogen) atoms. The Kier molecular flexibility index (Phi) is 6.42. The lowest BCUT2D eigenvalue weighted by Crippen LogP contribution is -2.41. The van der Waals surface area contributed by atoms with Gasteiger partial charge in [0.15, 0.2) is 11.5 Å². The summed E-state index contributed by atoms with van der Waals surface area (Å²) in [5.74, 6) is 2.00. The predicted octanol–water partition coefficient (Wildman–Crippen LogP) is 3.45. The molecule has 1 amide bonds. The van der Waals surface area contributed by atoms with Gasteiger partial charge in [0.25, 0.3) is 0 Å². The summed E-state index contributed by atoms with van der Waals surface area (Å²) in [5, 5.41) is 3.59. The molecular weight excluding hydrogens is 368 g/mol. The van der Waals surface area contributed by atoms with E-state index in [-0.39, 0.29) is 11.9 Å². The summed E-state index contributed by atoms with van der Waals surface area (Å²) in [6, 6.07) is 12.3. The maximum absolute atomic E-state index is 12.5. The van der Waals surface area contributed by atoms with E-state index >= 15 is 0 Å². The first kappa shape index (κ1) is 19.3. The lowest BCUT2D eigenvalue weighted by Gasteiger charge is -2.24. The monoisotopic (exact) mass is 390 g/mol. The van der Waals surface area contributed by atoms with Crippen molar-refractivity contribution in [1.82, 2.24) is 4.90 Å². The number of nitrogens with one attached hydrogen (secondary N) is 1. The molecule has 1 heterocycles. The van der Waals surface area contributed by atoms with Gasteiger partial charge in [0.05, 0.1) is 6.04 Å². The third-order valence-electron chi connectivity index (χ3n) is 4.38. The molecule has 2 aromatic rings.